The van der Waals surface area contributed by atoms with Gasteiger partial charge in [0, 0.05) is 6.61 Å². The number of rotatable bonds is 6. The molecule has 90 valence electrons. The molecule has 15 heavy (non-hydrogen) atoms. The monoisotopic (exact) mass is 215 g/mol. The lowest BCUT2D eigenvalue weighted by Gasteiger charge is -2.25. The fraction of sp³-hybridized carbons (Fsp3) is 1.00. The highest BCUT2D eigenvalue weighted by Gasteiger charge is 2.23. The van der Waals surface area contributed by atoms with Crippen molar-refractivity contribution in [1.29, 1.82) is 0 Å². The summed E-state index contributed by atoms with van der Waals surface area (Å²) in [7, 11) is 0. The van der Waals surface area contributed by atoms with Gasteiger partial charge in [-0.15, -0.1) is 0 Å². The van der Waals surface area contributed by atoms with Gasteiger partial charge in [0.1, 0.15) is 0 Å². The zero-order chi connectivity index (χ0) is 11.3. The second-order valence-electron chi connectivity index (χ2n) is 4.92. The lowest BCUT2D eigenvalue weighted by atomic mass is 9.87. The molecule has 3 N–H and O–H groups in total. The molecule has 0 aliphatic carbocycles. The van der Waals surface area contributed by atoms with E-state index in [1.807, 2.05) is 0 Å². The Kier molecular flexibility index (Phi) is 5.58. The van der Waals surface area contributed by atoms with Gasteiger partial charge in [-0.2, -0.15) is 0 Å². The van der Waals surface area contributed by atoms with Crippen LogP contribution in [0.15, 0.2) is 0 Å². The van der Waals surface area contributed by atoms with Crippen molar-refractivity contribution in [2.24, 2.45) is 17.6 Å². The highest BCUT2D eigenvalue weighted by Crippen LogP contribution is 2.22. The first-order valence-corrected chi connectivity index (χ1v) is 6.15. The summed E-state index contributed by atoms with van der Waals surface area (Å²) in [6, 6.07) is 0. The van der Waals surface area contributed by atoms with Gasteiger partial charge in [-0.25, -0.2) is 0 Å². The quantitative estimate of drug-likeness (QED) is 0.706. The Hall–Kier alpha value is -0.120. The molecule has 0 amide bonds. The molecule has 3 atom stereocenters. The third-order valence-electron chi connectivity index (χ3n) is 3.43. The third kappa shape index (κ3) is 4.09. The normalized spacial score (nSPS) is 25.8. The first kappa shape index (κ1) is 12.9. The number of aliphatic hydroxyl groups excluding tert-OH is 1. The third-order valence-corrected chi connectivity index (χ3v) is 3.43. The molecule has 3 heteroatoms. The maximum absolute atomic E-state index is 10.0. The molecular formula is C12H25NO2. The van der Waals surface area contributed by atoms with Crippen molar-refractivity contribution in [3.8, 4) is 0 Å². The summed E-state index contributed by atoms with van der Waals surface area (Å²) in [6.07, 6.45) is 4.24. The van der Waals surface area contributed by atoms with Crippen LogP contribution < -0.4 is 5.73 Å². The fourth-order valence-electron chi connectivity index (χ4n) is 2.32. The zero-order valence-corrected chi connectivity index (χ0v) is 9.98. The van der Waals surface area contributed by atoms with Crippen LogP contribution in [0.2, 0.25) is 0 Å². The first-order valence-electron chi connectivity index (χ1n) is 6.15. The predicted octanol–water partition coefficient (Wildman–Crippen LogP) is 1.54. The van der Waals surface area contributed by atoms with Crippen LogP contribution in [0.3, 0.4) is 0 Å². The summed E-state index contributed by atoms with van der Waals surface area (Å²) in [5.41, 5.74) is 5.67. The highest BCUT2D eigenvalue weighted by atomic mass is 16.5. The topological polar surface area (TPSA) is 55.5 Å². The van der Waals surface area contributed by atoms with Gasteiger partial charge in [0.2, 0.25) is 0 Å². The van der Waals surface area contributed by atoms with Crippen molar-refractivity contribution in [3.63, 3.8) is 0 Å². The maximum Gasteiger partial charge on any atom is 0.0583 e. The Morgan fingerprint density at radius 3 is 2.67 bits per heavy atom. The maximum atomic E-state index is 10.0. The Labute approximate surface area is 93.0 Å². The van der Waals surface area contributed by atoms with Crippen molar-refractivity contribution >= 4 is 0 Å². The van der Waals surface area contributed by atoms with E-state index in [0.717, 1.165) is 25.9 Å². The molecule has 3 unspecified atom stereocenters. The van der Waals surface area contributed by atoms with E-state index in [1.165, 1.54) is 6.42 Å². The molecule has 1 heterocycles. The van der Waals surface area contributed by atoms with Crippen molar-refractivity contribution in [1.82, 2.24) is 0 Å². The minimum absolute atomic E-state index is 0.228. The molecule has 0 aromatic rings. The van der Waals surface area contributed by atoms with E-state index in [-0.39, 0.29) is 12.0 Å². The molecule has 0 bridgehead atoms. The summed E-state index contributed by atoms with van der Waals surface area (Å²) in [6.45, 7) is 5.70. The molecule has 0 saturated carbocycles. The molecule has 0 spiro atoms. The summed E-state index contributed by atoms with van der Waals surface area (Å²) < 4.78 is 5.53. The molecule has 1 fully saturated rings. The summed E-state index contributed by atoms with van der Waals surface area (Å²) in [5.74, 6) is 0.681. The standard InChI is InChI=1S/C12H25NO2/c1-9(2)11(8-13)12(14)6-5-10-4-3-7-15-10/h9-12,14H,3-8,13H2,1-2H3. The first-order chi connectivity index (χ1) is 7.15. The smallest absolute Gasteiger partial charge is 0.0583 e. The molecule has 1 saturated heterocycles. The fourth-order valence-corrected chi connectivity index (χ4v) is 2.32. The number of aliphatic hydroxyl groups is 1. The van der Waals surface area contributed by atoms with Crippen LogP contribution in [0.25, 0.3) is 0 Å². The largest absolute Gasteiger partial charge is 0.393 e. The van der Waals surface area contributed by atoms with Gasteiger partial charge < -0.3 is 15.6 Å². The van der Waals surface area contributed by atoms with E-state index in [0.29, 0.717) is 18.6 Å². The van der Waals surface area contributed by atoms with Gasteiger partial charge >= 0.3 is 0 Å². The van der Waals surface area contributed by atoms with Crippen molar-refractivity contribution in [2.45, 2.75) is 51.7 Å². The van der Waals surface area contributed by atoms with Crippen molar-refractivity contribution < 1.29 is 9.84 Å². The van der Waals surface area contributed by atoms with E-state index in [1.54, 1.807) is 0 Å². The summed E-state index contributed by atoms with van der Waals surface area (Å²) in [5, 5.41) is 10.0. The van der Waals surface area contributed by atoms with E-state index in [9.17, 15) is 5.11 Å². The van der Waals surface area contributed by atoms with Crippen LogP contribution in [-0.2, 0) is 4.74 Å². The number of nitrogens with two attached hydrogens (primary N) is 1. The second-order valence-corrected chi connectivity index (χ2v) is 4.92. The average molecular weight is 215 g/mol. The number of ether oxygens (including phenoxy) is 1. The molecule has 0 aromatic carbocycles. The molecular weight excluding hydrogens is 190 g/mol. The molecule has 3 nitrogen and oxygen atoms in total. The Bertz CT molecular complexity index is 167. The van der Waals surface area contributed by atoms with E-state index in [4.69, 9.17) is 10.5 Å². The van der Waals surface area contributed by atoms with Crippen molar-refractivity contribution in [2.75, 3.05) is 13.2 Å². The van der Waals surface area contributed by atoms with E-state index >= 15 is 0 Å². The Morgan fingerprint density at radius 2 is 2.20 bits per heavy atom. The van der Waals surface area contributed by atoms with Crippen molar-refractivity contribution in [3.05, 3.63) is 0 Å². The van der Waals surface area contributed by atoms with E-state index < -0.39 is 0 Å². The van der Waals surface area contributed by atoms with Gasteiger partial charge in [0.15, 0.2) is 0 Å². The SMILES string of the molecule is CC(C)C(CN)C(O)CCC1CCCO1. The zero-order valence-electron chi connectivity index (χ0n) is 9.98. The van der Waals surface area contributed by atoms with Gasteiger partial charge in [0.25, 0.3) is 0 Å². The average Bonchev–Trinajstić information content (AvgIpc) is 2.67. The molecule has 0 aromatic heterocycles. The van der Waals surface area contributed by atoms with Gasteiger partial charge in [-0.1, -0.05) is 13.8 Å². The van der Waals surface area contributed by atoms with Crippen LogP contribution in [-0.4, -0.2) is 30.5 Å². The molecule has 1 rings (SSSR count). The molecule has 0 radical (unpaired) electrons. The van der Waals surface area contributed by atoms with Crippen LogP contribution in [0.5, 0.6) is 0 Å². The van der Waals surface area contributed by atoms with Crippen LogP contribution in [0.1, 0.15) is 39.5 Å². The van der Waals surface area contributed by atoms with E-state index in [2.05, 4.69) is 13.8 Å². The lowest BCUT2D eigenvalue weighted by Crippen LogP contribution is -2.32. The molecule has 1 aliphatic rings. The van der Waals surface area contributed by atoms with Gasteiger partial charge in [-0.05, 0) is 44.1 Å². The van der Waals surface area contributed by atoms with Crippen LogP contribution in [0.4, 0.5) is 0 Å². The number of hydrogen-bond acceptors (Lipinski definition) is 3. The highest BCUT2D eigenvalue weighted by molar-refractivity contribution is 4.75. The second kappa shape index (κ2) is 6.46. The van der Waals surface area contributed by atoms with Crippen LogP contribution >= 0.6 is 0 Å². The van der Waals surface area contributed by atoms with Gasteiger partial charge in [0.05, 0.1) is 12.2 Å². The molecule has 1 aliphatic heterocycles. The minimum Gasteiger partial charge on any atom is -0.393 e. The predicted molar refractivity (Wildman–Crippen MR) is 61.6 cm³/mol. The Balaban J connectivity index is 2.23. The van der Waals surface area contributed by atoms with Crippen LogP contribution in [0, 0.1) is 11.8 Å². The Morgan fingerprint density at radius 1 is 1.47 bits per heavy atom. The lowest BCUT2D eigenvalue weighted by molar-refractivity contribution is 0.0480. The number of hydrogen-bond donors (Lipinski definition) is 2. The summed E-state index contributed by atoms with van der Waals surface area (Å²) >= 11 is 0. The van der Waals surface area contributed by atoms with Gasteiger partial charge in [-0.3, -0.25) is 0 Å². The minimum atomic E-state index is -0.265. The summed E-state index contributed by atoms with van der Waals surface area (Å²) in [4.78, 5) is 0.